The van der Waals surface area contributed by atoms with Gasteiger partial charge in [0.15, 0.2) is 0 Å². The van der Waals surface area contributed by atoms with Crippen LogP contribution in [-0.4, -0.2) is 248 Å². The number of rotatable bonds is 53. The molecule has 43 nitrogen and oxygen atoms in total. The maximum Gasteiger partial charge on any atom is 0.326 e. The van der Waals surface area contributed by atoms with Gasteiger partial charge in [-0.3, -0.25) is 86.3 Å². The Morgan fingerprint density at radius 2 is 0.712 bits per heavy atom. The quantitative estimate of drug-likeness (QED) is 0.0197. The second-order valence-electron chi connectivity index (χ2n) is 28.0. The second kappa shape index (κ2) is 48.7. The van der Waals surface area contributed by atoms with Crippen LogP contribution in [-0.2, 0) is 117 Å². The molecule has 1 aromatic heterocycles. The smallest absolute Gasteiger partial charge is 0.326 e. The van der Waals surface area contributed by atoms with E-state index >= 15 is 0 Å². The molecule has 0 saturated heterocycles. The van der Waals surface area contributed by atoms with E-state index in [1.165, 1.54) is 68.0 Å². The molecule has 4 aromatic rings. The van der Waals surface area contributed by atoms with Crippen molar-refractivity contribution in [2.75, 3.05) is 0 Å². The molecule has 0 bridgehead atoms. The number of carboxylic acid groups (broad SMARTS) is 6. The molecule has 25 N–H and O–H groups in total. The molecule has 0 aliphatic carbocycles. The van der Waals surface area contributed by atoms with Gasteiger partial charge in [-0.05, 0) is 87.1 Å². The molecule has 43 heteroatoms. The highest BCUT2D eigenvalue weighted by molar-refractivity contribution is 6.01. The van der Waals surface area contributed by atoms with Gasteiger partial charge in [0.25, 0.3) is 0 Å². The highest BCUT2D eigenvalue weighted by atomic mass is 16.4. The molecule has 0 fully saturated rings. The van der Waals surface area contributed by atoms with Crippen molar-refractivity contribution in [1.82, 2.24) is 73.8 Å². The molecule has 1 heterocycles. The monoisotopic (exact) mass is 1660 g/mol. The maximum absolute atomic E-state index is 14.7. The van der Waals surface area contributed by atoms with Gasteiger partial charge in [-0.2, -0.15) is 0 Å². The summed E-state index contributed by atoms with van der Waals surface area (Å²) in [5, 5.41) is 107. The van der Waals surface area contributed by atoms with Crippen LogP contribution >= 0.6 is 0 Å². The number of aromatic hydroxyl groups is 1. The first-order chi connectivity index (χ1) is 55.6. The lowest BCUT2D eigenvalue weighted by Gasteiger charge is -2.29. The fourth-order valence-electron chi connectivity index (χ4n) is 11.5. The minimum atomic E-state index is -2.19. The summed E-state index contributed by atoms with van der Waals surface area (Å²) in [5.41, 5.74) is 12.8. The molecule has 3 aromatic carbocycles. The number of aliphatic carboxylic acids is 6. The van der Waals surface area contributed by atoms with Crippen molar-refractivity contribution in [3.63, 3.8) is 0 Å². The molecule has 118 heavy (non-hydrogen) atoms. The van der Waals surface area contributed by atoms with Crippen molar-refractivity contribution in [1.29, 1.82) is 0 Å². The molecule has 13 amide bonds. The standard InChI is InChI=1S/C75H100N16O27/c1-37(2)29-51(87-67(109)46(19-24-56(77)94)81-64(106)45(76)33-43-35-78-36-79-43)69(111)80-38(3)63(105)86-52(30-40-11-7-5-8-12-40)72(114)89-55(34-61(103)104)73(115)91-62(39(4)92)74(116)90-54(32-42-15-17-44(93)18-16-42)71(113)83-47(20-25-57(95)96)65(107)82-49(22-27-59(99)100)68(110)88-53(31-41-13-9-6-10-14-41)70(112)84-48(21-26-58(97)98)66(108)85-50(75(117)118)23-28-60(101)102/h5-18,35-39,45-55,62,92-93H,19-34,76H2,1-4H3,(H2,77,94)(H,78,79)(H,80,111)(H,81,106)(H,82,107)(H,83,113)(H,84,112)(H,85,108)(H,86,105)(H,87,109)(H,88,110)(H,89,114)(H,90,116)(H,91,115)(H,95,96)(H,97,98)(H,99,100)(H,101,102)(H,103,104)(H,117,118)/t38-,39+,45-,46-,47-,48-,49-,50-,51-,52-,53-,54-,55-,62-/m0/s1. The zero-order valence-electron chi connectivity index (χ0n) is 64.6. The summed E-state index contributed by atoms with van der Waals surface area (Å²) in [6.45, 7) is 5.57. The molecule has 0 aliphatic heterocycles. The molecule has 14 atom stereocenters. The zero-order valence-corrected chi connectivity index (χ0v) is 64.6. The summed E-state index contributed by atoms with van der Waals surface area (Å²) < 4.78 is 0. The minimum absolute atomic E-state index is 0.0255. The van der Waals surface area contributed by atoms with Crippen molar-refractivity contribution in [2.24, 2.45) is 17.4 Å². The van der Waals surface area contributed by atoms with Gasteiger partial charge in [0.1, 0.15) is 78.3 Å². The summed E-state index contributed by atoms with van der Waals surface area (Å²) in [4.78, 5) is 260. The van der Waals surface area contributed by atoms with Crippen LogP contribution < -0.4 is 75.3 Å². The van der Waals surface area contributed by atoms with Crippen LogP contribution in [0, 0.1) is 5.92 Å². The fourth-order valence-corrected chi connectivity index (χ4v) is 11.5. The average molecular weight is 1660 g/mol. The van der Waals surface area contributed by atoms with E-state index in [4.69, 9.17) is 16.6 Å². The van der Waals surface area contributed by atoms with Crippen molar-refractivity contribution in [3.8, 4) is 5.75 Å². The lowest BCUT2D eigenvalue weighted by Crippen LogP contribution is -2.62. The summed E-state index contributed by atoms with van der Waals surface area (Å²) >= 11 is 0. The zero-order chi connectivity index (χ0) is 88.0. The van der Waals surface area contributed by atoms with E-state index in [9.17, 15) is 127 Å². The lowest BCUT2D eigenvalue weighted by molar-refractivity contribution is -0.144. The number of nitrogens with zero attached hydrogens (tertiary/aromatic N) is 1. The van der Waals surface area contributed by atoms with Crippen LogP contribution in [0.1, 0.15) is 127 Å². The van der Waals surface area contributed by atoms with Crippen molar-refractivity contribution in [3.05, 3.63) is 120 Å². The third kappa shape index (κ3) is 35.5. The van der Waals surface area contributed by atoms with E-state index in [1.807, 2.05) is 5.32 Å². The third-order valence-electron chi connectivity index (χ3n) is 17.8. The minimum Gasteiger partial charge on any atom is -0.508 e. The first kappa shape index (κ1) is 96.9. The number of phenolic OH excluding ortho intramolecular Hbond substituents is 1. The number of carboxylic acids is 6. The average Bonchev–Trinajstić information content (AvgIpc) is 0.873. The largest absolute Gasteiger partial charge is 0.508 e. The summed E-state index contributed by atoms with van der Waals surface area (Å²) in [6.07, 6.45) is -9.01. The Kier molecular flexibility index (Phi) is 40.0. The predicted molar refractivity (Wildman–Crippen MR) is 408 cm³/mol. The molecule has 0 aliphatic rings. The number of hydrogen-bond donors (Lipinski definition) is 23. The van der Waals surface area contributed by atoms with Gasteiger partial charge in [-0.15, -0.1) is 0 Å². The Morgan fingerprint density at radius 1 is 0.373 bits per heavy atom. The van der Waals surface area contributed by atoms with Gasteiger partial charge < -0.3 is 121 Å². The number of amides is 13. The maximum atomic E-state index is 14.7. The Bertz CT molecular complexity index is 4170. The Balaban J connectivity index is 1.64. The Hall–Kier alpha value is -13.5. The van der Waals surface area contributed by atoms with Crippen LogP contribution in [0.4, 0.5) is 0 Å². The topological polar surface area (TPSA) is 711 Å². The van der Waals surface area contributed by atoms with Gasteiger partial charge in [0.2, 0.25) is 76.8 Å². The van der Waals surface area contributed by atoms with Crippen molar-refractivity contribution in [2.45, 2.75) is 215 Å². The first-order valence-corrected chi connectivity index (χ1v) is 37.1. The highest BCUT2D eigenvalue weighted by Gasteiger charge is 2.39. The van der Waals surface area contributed by atoms with Crippen molar-refractivity contribution >= 4 is 113 Å². The van der Waals surface area contributed by atoms with Crippen LogP contribution in [0.2, 0.25) is 0 Å². The molecule has 4 rings (SSSR count). The Labute approximate surface area is 673 Å². The number of nitrogens with two attached hydrogens (primary N) is 2. The van der Waals surface area contributed by atoms with Crippen LogP contribution in [0.15, 0.2) is 97.5 Å². The van der Waals surface area contributed by atoms with E-state index in [1.54, 1.807) is 38.1 Å². The SMILES string of the molecule is CC(C)C[C@H](NC(=O)[C@H](CCC(N)=O)NC(=O)[C@@H](N)Cc1cnc[nH]1)C(=O)N[C@@H](C)C(=O)N[C@@H](Cc1ccccc1)C(=O)N[C@@H](CC(=O)O)C(=O)N[C@H](C(=O)N[C@@H](Cc1ccc(O)cc1)C(=O)N[C@@H](CCC(=O)O)C(=O)N[C@@H](CCC(=O)O)C(=O)N[C@@H](Cc1ccccc1)C(=O)N[C@@H](CCC(=O)O)C(=O)N[C@@H](CCC(=O)O)C(=O)O)[C@@H](C)O. The van der Waals surface area contributed by atoms with Gasteiger partial charge >= 0.3 is 35.8 Å². The number of imidazole rings is 1. The third-order valence-corrected chi connectivity index (χ3v) is 17.8. The number of aliphatic hydroxyl groups excluding tert-OH is 1. The van der Waals surface area contributed by atoms with Crippen molar-refractivity contribution < 1.29 is 132 Å². The number of benzene rings is 3. The van der Waals surface area contributed by atoms with Crippen LogP contribution in [0.25, 0.3) is 0 Å². The normalized spacial score (nSPS) is 14.6. The summed E-state index contributed by atoms with van der Waals surface area (Å²) in [7, 11) is 0. The van der Waals surface area contributed by atoms with Gasteiger partial charge in [-0.25, -0.2) is 9.78 Å². The fraction of sp³-hybridized carbons (Fsp3) is 0.467. The molecule has 642 valence electrons. The number of aromatic amines is 1. The number of carbonyl (C=O) groups is 19. The summed E-state index contributed by atoms with van der Waals surface area (Å²) in [6, 6.07) is -3.01. The molecular weight excluding hydrogens is 1560 g/mol. The second-order valence-corrected chi connectivity index (χ2v) is 28.0. The molecule has 0 saturated carbocycles. The number of aromatic nitrogens is 2. The number of carbonyl (C=O) groups excluding carboxylic acids is 13. The number of nitrogens with one attached hydrogen (secondary N) is 13. The molecular formula is C75H100N16O27. The van der Waals surface area contributed by atoms with E-state index in [-0.39, 0.29) is 49.3 Å². The van der Waals surface area contributed by atoms with E-state index < -0.39 is 268 Å². The molecule has 0 radical (unpaired) electrons. The predicted octanol–water partition coefficient (Wildman–Crippen LogP) is -4.74. The highest BCUT2D eigenvalue weighted by Crippen LogP contribution is 2.17. The Morgan fingerprint density at radius 3 is 1.09 bits per heavy atom. The van der Waals surface area contributed by atoms with Crippen LogP contribution in [0.3, 0.4) is 0 Å². The number of aliphatic hydroxyl groups is 1. The number of hydrogen-bond acceptors (Lipinski definition) is 23. The van der Waals surface area contributed by atoms with E-state index in [0.717, 1.165) is 19.1 Å². The summed E-state index contributed by atoms with van der Waals surface area (Å²) in [5.74, 6) is -25.4. The van der Waals surface area contributed by atoms with E-state index in [0.29, 0.717) is 16.8 Å². The lowest BCUT2D eigenvalue weighted by atomic mass is 10.0. The number of H-pyrrole nitrogens is 1. The van der Waals surface area contributed by atoms with Gasteiger partial charge in [-0.1, -0.05) is 86.6 Å². The number of phenols is 1. The van der Waals surface area contributed by atoms with Gasteiger partial charge in [0, 0.05) is 69.7 Å². The first-order valence-electron chi connectivity index (χ1n) is 37.1. The van der Waals surface area contributed by atoms with Gasteiger partial charge in [0.05, 0.1) is 24.9 Å². The van der Waals surface area contributed by atoms with E-state index in [2.05, 4.69) is 68.5 Å². The van der Waals surface area contributed by atoms with Crippen LogP contribution in [0.5, 0.6) is 5.75 Å². The molecule has 0 spiro atoms. The molecule has 0 unspecified atom stereocenters. The number of primary amides is 1.